The number of aliphatic hydroxyl groups excluding tert-OH is 3. The van der Waals surface area contributed by atoms with Crippen molar-refractivity contribution < 1.29 is 29.3 Å². The molecular formula is C28H34Cl2FN3O5. The number of urea groups is 1. The fourth-order valence-electron chi connectivity index (χ4n) is 6.14. The second kappa shape index (κ2) is 11.6. The molecule has 0 radical (unpaired) electrons. The minimum absolute atomic E-state index is 0.0468. The average Bonchev–Trinajstić information content (AvgIpc) is 3.35. The Balaban J connectivity index is 1.90. The summed E-state index contributed by atoms with van der Waals surface area (Å²) >= 11 is 12.5. The second-order valence-corrected chi connectivity index (χ2v) is 12.0. The van der Waals surface area contributed by atoms with Crippen LogP contribution in [0.15, 0.2) is 36.4 Å². The van der Waals surface area contributed by atoms with Crippen LogP contribution in [0.1, 0.15) is 50.3 Å². The van der Waals surface area contributed by atoms with Gasteiger partial charge in [0.2, 0.25) is 5.91 Å². The van der Waals surface area contributed by atoms with E-state index >= 15 is 4.39 Å². The SMILES string of the molecule is CC(C)(CCO)CC1CN(C(=O)NCC[C@H](O)CO)C(c2cccc(Cl)c2F)C12C(=O)Nc1cc(Cl)ccc12. The lowest BCUT2D eigenvalue weighted by atomic mass is 9.63. The molecule has 11 heteroatoms. The van der Waals surface area contributed by atoms with Crippen molar-refractivity contribution in [1.82, 2.24) is 10.2 Å². The molecule has 1 spiro atoms. The summed E-state index contributed by atoms with van der Waals surface area (Å²) in [5.74, 6) is -1.55. The lowest BCUT2D eigenvalue weighted by Gasteiger charge is -2.39. The Kier molecular flexibility index (Phi) is 8.78. The van der Waals surface area contributed by atoms with Gasteiger partial charge in [0.05, 0.1) is 23.8 Å². The molecule has 0 aliphatic carbocycles. The quantitative estimate of drug-likeness (QED) is 0.303. The van der Waals surface area contributed by atoms with E-state index in [2.05, 4.69) is 10.6 Å². The van der Waals surface area contributed by atoms with Gasteiger partial charge in [-0.1, -0.05) is 55.2 Å². The summed E-state index contributed by atoms with van der Waals surface area (Å²) < 4.78 is 15.7. The van der Waals surface area contributed by atoms with Crippen molar-refractivity contribution in [2.75, 3.05) is 31.6 Å². The van der Waals surface area contributed by atoms with Gasteiger partial charge in [0.15, 0.2) is 0 Å². The summed E-state index contributed by atoms with van der Waals surface area (Å²) in [6, 6.07) is 7.99. The molecule has 4 rings (SSSR count). The van der Waals surface area contributed by atoms with Gasteiger partial charge in [-0.2, -0.15) is 0 Å². The summed E-state index contributed by atoms with van der Waals surface area (Å²) in [6.45, 7) is 3.67. The van der Waals surface area contributed by atoms with Gasteiger partial charge in [0, 0.05) is 36.0 Å². The second-order valence-electron chi connectivity index (χ2n) is 11.1. The van der Waals surface area contributed by atoms with Gasteiger partial charge in [-0.15, -0.1) is 0 Å². The van der Waals surface area contributed by atoms with Crippen molar-refractivity contribution in [3.8, 4) is 0 Å². The summed E-state index contributed by atoms with van der Waals surface area (Å²) in [6.07, 6.45) is 0.0393. The number of fused-ring (bicyclic) bond motifs is 2. The Labute approximate surface area is 237 Å². The summed E-state index contributed by atoms with van der Waals surface area (Å²) in [5.41, 5.74) is -0.569. The minimum atomic E-state index is -1.37. The lowest BCUT2D eigenvalue weighted by Crippen LogP contribution is -2.48. The molecule has 2 aliphatic heterocycles. The Morgan fingerprint density at radius 3 is 2.72 bits per heavy atom. The third-order valence-corrected chi connectivity index (χ3v) is 8.47. The molecule has 3 unspecified atom stereocenters. The van der Waals surface area contributed by atoms with Gasteiger partial charge >= 0.3 is 6.03 Å². The number of nitrogens with one attached hydrogen (secondary N) is 2. The van der Waals surface area contributed by atoms with E-state index in [1.807, 2.05) is 13.8 Å². The smallest absolute Gasteiger partial charge is 0.317 e. The Hall–Kier alpha value is -2.43. The number of halogens is 3. The Morgan fingerprint density at radius 1 is 1.28 bits per heavy atom. The number of rotatable bonds is 9. The highest BCUT2D eigenvalue weighted by atomic mass is 35.5. The van der Waals surface area contributed by atoms with E-state index in [-0.39, 0.29) is 42.6 Å². The summed E-state index contributed by atoms with van der Waals surface area (Å²) in [5, 5.41) is 34.5. The van der Waals surface area contributed by atoms with Gasteiger partial charge in [0.1, 0.15) is 11.2 Å². The van der Waals surface area contributed by atoms with Crippen LogP contribution < -0.4 is 10.6 Å². The maximum Gasteiger partial charge on any atom is 0.317 e. The van der Waals surface area contributed by atoms with Gasteiger partial charge in [-0.05, 0) is 54.4 Å². The molecular weight excluding hydrogens is 548 g/mol. The third-order valence-electron chi connectivity index (χ3n) is 7.94. The number of nitrogens with zero attached hydrogens (tertiary/aromatic N) is 1. The molecule has 2 heterocycles. The first-order valence-electron chi connectivity index (χ1n) is 13.0. The van der Waals surface area contributed by atoms with Gasteiger partial charge in [-0.3, -0.25) is 4.79 Å². The summed E-state index contributed by atoms with van der Waals surface area (Å²) in [4.78, 5) is 29.3. The molecule has 2 aliphatic rings. The molecule has 212 valence electrons. The molecule has 1 fully saturated rings. The van der Waals surface area contributed by atoms with E-state index in [0.29, 0.717) is 29.1 Å². The van der Waals surface area contributed by atoms with Crippen LogP contribution in [0.3, 0.4) is 0 Å². The highest BCUT2D eigenvalue weighted by molar-refractivity contribution is 6.31. The zero-order valence-corrected chi connectivity index (χ0v) is 23.4. The zero-order chi connectivity index (χ0) is 28.5. The molecule has 2 aromatic carbocycles. The van der Waals surface area contributed by atoms with Crippen LogP contribution in [-0.4, -0.2) is 64.6 Å². The molecule has 5 N–H and O–H groups in total. The molecule has 0 saturated carbocycles. The molecule has 0 aromatic heterocycles. The van der Waals surface area contributed by atoms with Gasteiger partial charge in [0.25, 0.3) is 0 Å². The molecule has 2 aromatic rings. The van der Waals surface area contributed by atoms with E-state index < -0.39 is 47.3 Å². The standard InChI is InChI=1S/C28H34Cl2FN3O5/c1-27(2,9-11-35)13-16-14-34(26(39)32-10-8-18(37)15-36)24(19-4-3-5-21(30)23(19)31)28(16)20-7-6-17(29)12-22(20)33-25(28)38/h3-7,12,16,18,24,35-37H,8-11,13-15H2,1-2H3,(H,32,39)(H,33,38)/t16?,18-,24?,28?/m0/s1. The van der Waals surface area contributed by atoms with Crippen molar-refractivity contribution in [1.29, 1.82) is 0 Å². The van der Waals surface area contributed by atoms with E-state index in [0.717, 1.165) is 0 Å². The first-order valence-corrected chi connectivity index (χ1v) is 13.7. The van der Waals surface area contributed by atoms with E-state index in [4.69, 9.17) is 28.3 Å². The van der Waals surface area contributed by atoms with E-state index in [1.54, 1.807) is 24.3 Å². The third kappa shape index (κ3) is 5.47. The number of carbonyl (C=O) groups is 2. The van der Waals surface area contributed by atoms with Crippen LogP contribution >= 0.6 is 23.2 Å². The topological polar surface area (TPSA) is 122 Å². The summed E-state index contributed by atoms with van der Waals surface area (Å²) in [7, 11) is 0. The number of hydrogen-bond donors (Lipinski definition) is 5. The maximum atomic E-state index is 15.7. The van der Waals surface area contributed by atoms with Crippen LogP contribution in [0.25, 0.3) is 0 Å². The predicted molar refractivity (Wildman–Crippen MR) is 147 cm³/mol. The monoisotopic (exact) mass is 581 g/mol. The van der Waals surface area contributed by atoms with Crippen molar-refractivity contribution in [3.05, 3.63) is 63.4 Å². The van der Waals surface area contributed by atoms with Crippen LogP contribution in [0, 0.1) is 17.2 Å². The van der Waals surface area contributed by atoms with Crippen molar-refractivity contribution in [2.24, 2.45) is 11.3 Å². The number of hydrogen-bond acceptors (Lipinski definition) is 5. The molecule has 8 nitrogen and oxygen atoms in total. The van der Waals surface area contributed by atoms with Crippen molar-refractivity contribution >= 4 is 40.8 Å². The number of amides is 3. The van der Waals surface area contributed by atoms with Gasteiger partial charge < -0.3 is 30.9 Å². The highest BCUT2D eigenvalue weighted by Gasteiger charge is 2.65. The van der Waals surface area contributed by atoms with E-state index in [1.165, 1.54) is 17.0 Å². The Morgan fingerprint density at radius 2 is 2.03 bits per heavy atom. The number of carbonyl (C=O) groups excluding carboxylic acids is 2. The Bertz CT molecular complexity index is 1250. The zero-order valence-electron chi connectivity index (χ0n) is 21.9. The number of benzene rings is 2. The van der Waals surface area contributed by atoms with Crippen LogP contribution in [-0.2, 0) is 10.2 Å². The molecule has 39 heavy (non-hydrogen) atoms. The molecule has 3 amide bonds. The maximum absolute atomic E-state index is 15.7. The van der Waals surface area contributed by atoms with Gasteiger partial charge in [-0.25, -0.2) is 9.18 Å². The number of anilines is 1. The van der Waals surface area contributed by atoms with Crippen LogP contribution in [0.5, 0.6) is 0 Å². The lowest BCUT2D eigenvalue weighted by molar-refractivity contribution is -0.123. The highest BCUT2D eigenvalue weighted by Crippen LogP contribution is 2.60. The van der Waals surface area contributed by atoms with E-state index in [9.17, 15) is 19.8 Å². The predicted octanol–water partition coefficient (Wildman–Crippen LogP) is 4.25. The first-order chi connectivity index (χ1) is 18.5. The average molecular weight is 583 g/mol. The largest absolute Gasteiger partial charge is 0.396 e. The molecule has 1 saturated heterocycles. The van der Waals surface area contributed by atoms with Crippen LogP contribution in [0.2, 0.25) is 10.0 Å². The number of likely N-dealkylation sites (tertiary alicyclic amines) is 1. The molecule has 4 atom stereocenters. The normalized spacial score (nSPS) is 23.2. The fourth-order valence-corrected chi connectivity index (χ4v) is 6.50. The van der Waals surface area contributed by atoms with Crippen molar-refractivity contribution in [2.45, 2.75) is 50.7 Å². The van der Waals surface area contributed by atoms with Crippen molar-refractivity contribution in [3.63, 3.8) is 0 Å². The molecule has 0 bridgehead atoms. The fraction of sp³-hybridized carbons (Fsp3) is 0.500. The first kappa shape index (κ1) is 29.6. The van der Waals surface area contributed by atoms with Crippen LogP contribution in [0.4, 0.5) is 14.9 Å². The minimum Gasteiger partial charge on any atom is -0.396 e. The number of aliphatic hydroxyl groups is 3.